The summed E-state index contributed by atoms with van der Waals surface area (Å²) in [6.07, 6.45) is 3.86. The summed E-state index contributed by atoms with van der Waals surface area (Å²) in [7, 11) is 0. The van der Waals surface area contributed by atoms with Gasteiger partial charge in [-0.3, -0.25) is 9.97 Å². The normalized spacial score (nSPS) is 14.5. The lowest BCUT2D eigenvalue weighted by atomic mass is 9.66. The third kappa shape index (κ3) is 5.36. The van der Waals surface area contributed by atoms with E-state index >= 15 is 0 Å². The molecule has 0 bridgehead atoms. The summed E-state index contributed by atoms with van der Waals surface area (Å²) in [5, 5.41) is 6.94. The molecule has 9 aromatic carbocycles. The minimum atomic E-state index is -0.780. The maximum Gasteiger partial charge on any atom is 0.188 e. The van der Waals surface area contributed by atoms with Crippen LogP contribution in [0, 0.1) is 6.57 Å². The second-order valence-electron chi connectivity index (χ2n) is 19.2. The van der Waals surface area contributed by atoms with Crippen LogP contribution >= 0.6 is 0 Å². The van der Waals surface area contributed by atoms with E-state index in [0.29, 0.717) is 5.69 Å². The highest BCUT2D eigenvalue weighted by Gasteiger charge is 2.52. The minimum Gasteiger partial charge on any atom is -0.457 e. The fourth-order valence-corrected chi connectivity index (χ4v) is 12.6. The molecular formula is C66H38N6O. The first kappa shape index (κ1) is 39.8. The van der Waals surface area contributed by atoms with Crippen molar-refractivity contribution in [3.63, 3.8) is 0 Å². The first-order chi connectivity index (χ1) is 36.2. The summed E-state index contributed by atoms with van der Waals surface area (Å²) in [6, 6.07) is 77.7. The Morgan fingerprint density at radius 3 is 1.56 bits per heavy atom. The number of pyridine rings is 2. The van der Waals surface area contributed by atoms with Crippen LogP contribution in [0.5, 0.6) is 11.5 Å². The van der Waals surface area contributed by atoms with E-state index in [1.807, 2.05) is 30.6 Å². The molecule has 5 aromatic heterocycles. The van der Waals surface area contributed by atoms with Crippen LogP contribution in [0.2, 0.25) is 0 Å². The van der Waals surface area contributed by atoms with Crippen molar-refractivity contribution in [3.8, 4) is 51.1 Å². The maximum absolute atomic E-state index is 8.04. The molecule has 16 rings (SSSR count). The van der Waals surface area contributed by atoms with Gasteiger partial charge in [-0.15, -0.1) is 0 Å². The van der Waals surface area contributed by atoms with Gasteiger partial charge in [0.15, 0.2) is 5.69 Å². The quantitative estimate of drug-likeness (QED) is 0.165. The Bertz CT molecular complexity index is 4650. The predicted octanol–water partition coefficient (Wildman–Crippen LogP) is 16.5. The number of fused-ring (bicyclic) bond motifs is 18. The predicted molar refractivity (Wildman–Crippen MR) is 294 cm³/mol. The number of nitrogens with zero attached hydrogens (tertiary/aromatic N) is 6. The second kappa shape index (κ2) is 14.8. The molecule has 338 valence electrons. The number of para-hydroxylation sites is 5. The molecule has 0 fully saturated rings. The summed E-state index contributed by atoms with van der Waals surface area (Å²) < 4.78 is 14.0. The summed E-state index contributed by atoms with van der Waals surface area (Å²) >= 11 is 0. The molecule has 73 heavy (non-hydrogen) atoms. The Labute approximate surface area is 418 Å². The summed E-state index contributed by atoms with van der Waals surface area (Å²) in [4.78, 5) is 14.3. The topological polar surface area (TPSA) is 54.2 Å². The highest BCUT2D eigenvalue weighted by Crippen LogP contribution is 2.62. The number of benzene rings is 9. The van der Waals surface area contributed by atoms with Crippen LogP contribution < -0.4 is 4.74 Å². The van der Waals surface area contributed by atoms with Crippen molar-refractivity contribution in [1.29, 1.82) is 0 Å². The molecule has 1 aliphatic heterocycles. The molecule has 6 heterocycles. The van der Waals surface area contributed by atoms with Gasteiger partial charge in [-0.05, 0) is 108 Å². The van der Waals surface area contributed by atoms with Crippen LogP contribution in [-0.4, -0.2) is 23.7 Å². The zero-order valence-corrected chi connectivity index (χ0v) is 39.0. The van der Waals surface area contributed by atoms with Crippen LogP contribution in [0.1, 0.15) is 22.3 Å². The minimum absolute atomic E-state index is 0.598. The first-order valence-corrected chi connectivity index (χ1v) is 24.6. The van der Waals surface area contributed by atoms with Crippen LogP contribution in [0.3, 0.4) is 0 Å². The van der Waals surface area contributed by atoms with Crippen molar-refractivity contribution < 1.29 is 4.74 Å². The highest BCUT2D eigenvalue weighted by atomic mass is 16.5. The van der Waals surface area contributed by atoms with E-state index in [1.54, 1.807) is 0 Å². The van der Waals surface area contributed by atoms with Crippen molar-refractivity contribution in [3.05, 3.63) is 264 Å². The zero-order chi connectivity index (χ0) is 47.9. The van der Waals surface area contributed by atoms with Gasteiger partial charge in [-0.1, -0.05) is 121 Å². The van der Waals surface area contributed by atoms with Gasteiger partial charge < -0.3 is 18.4 Å². The Morgan fingerprint density at radius 2 is 0.904 bits per heavy atom. The third-order valence-electron chi connectivity index (χ3n) is 15.6. The van der Waals surface area contributed by atoms with Crippen LogP contribution in [-0.2, 0) is 5.41 Å². The Kier molecular flexibility index (Phi) is 8.04. The molecule has 0 N–H and O–H groups in total. The number of ether oxygens (including phenoxy) is 1. The smallest absolute Gasteiger partial charge is 0.188 e. The van der Waals surface area contributed by atoms with Crippen molar-refractivity contribution in [1.82, 2.24) is 23.7 Å². The number of hydrogen-bond acceptors (Lipinski definition) is 3. The van der Waals surface area contributed by atoms with Crippen molar-refractivity contribution in [2.75, 3.05) is 0 Å². The van der Waals surface area contributed by atoms with E-state index < -0.39 is 5.41 Å². The first-order valence-electron chi connectivity index (χ1n) is 24.6. The van der Waals surface area contributed by atoms with Gasteiger partial charge in [-0.2, -0.15) is 0 Å². The van der Waals surface area contributed by atoms with E-state index in [0.717, 1.165) is 117 Å². The van der Waals surface area contributed by atoms with Crippen molar-refractivity contribution in [2.45, 2.75) is 5.41 Å². The maximum atomic E-state index is 8.04. The summed E-state index contributed by atoms with van der Waals surface area (Å²) in [6.45, 7) is 8.04. The van der Waals surface area contributed by atoms with Gasteiger partial charge in [0.2, 0.25) is 0 Å². The average Bonchev–Trinajstić information content (AvgIpc) is 4.17. The van der Waals surface area contributed by atoms with E-state index in [4.69, 9.17) is 21.3 Å². The lowest BCUT2D eigenvalue weighted by molar-refractivity contribution is 0.436. The van der Waals surface area contributed by atoms with Crippen molar-refractivity contribution in [2.24, 2.45) is 0 Å². The van der Waals surface area contributed by atoms with Gasteiger partial charge >= 0.3 is 0 Å². The Hall–Kier alpha value is -10.0. The fourth-order valence-electron chi connectivity index (χ4n) is 12.6. The molecule has 0 amide bonds. The molecule has 1 atom stereocenters. The molecule has 0 radical (unpaired) electrons. The van der Waals surface area contributed by atoms with E-state index in [2.05, 4.69) is 219 Å². The third-order valence-corrected chi connectivity index (χ3v) is 15.6. The summed E-state index contributed by atoms with van der Waals surface area (Å²) in [5.41, 5.74) is 17.6. The Balaban J connectivity index is 0.887. The van der Waals surface area contributed by atoms with Crippen LogP contribution in [0.4, 0.5) is 5.69 Å². The molecule has 0 saturated carbocycles. The lowest BCUT2D eigenvalue weighted by Crippen LogP contribution is -2.32. The molecule has 0 saturated heterocycles. The van der Waals surface area contributed by atoms with E-state index in [-0.39, 0.29) is 0 Å². The average molecular weight is 931 g/mol. The summed E-state index contributed by atoms with van der Waals surface area (Å²) in [5.74, 6) is 1.59. The molecule has 1 unspecified atom stereocenters. The molecule has 14 aromatic rings. The number of aromatic nitrogens is 5. The number of rotatable bonds is 4. The molecule has 7 nitrogen and oxygen atoms in total. The Morgan fingerprint density at radius 1 is 0.370 bits per heavy atom. The van der Waals surface area contributed by atoms with Crippen LogP contribution in [0.15, 0.2) is 231 Å². The molecule has 1 spiro atoms. The SMILES string of the molecule is [C-]#[N+]c1ccc2c(c1)c1cc(-c3cnc4c(c3)C3(c5ccccc5Oc5cc(-n6c7ccccc7c7ccccc76)ccc53)c3cccnc3-4)ccc1n2-c1cccc(-n2c3ccccc3c3ccccc32)c1. The van der Waals surface area contributed by atoms with Crippen molar-refractivity contribution >= 4 is 71.1 Å². The largest absolute Gasteiger partial charge is 0.457 e. The van der Waals surface area contributed by atoms with E-state index in [1.165, 1.54) is 21.5 Å². The zero-order valence-electron chi connectivity index (χ0n) is 39.0. The number of hydrogen-bond donors (Lipinski definition) is 0. The van der Waals surface area contributed by atoms with E-state index in [9.17, 15) is 0 Å². The standard InChI is InChI=1S/C66H38N6O/c1-67-42-28-32-61-51(36-42)50-34-40(27-31-60(50)71(61)44-15-12-14-43(37-44)70-56-22-7-2-16-46(56)47-17-3-8-23-57(47)70)41-35-55-65(69-39-41)64-54(21-13-33-68-64)66(55)52-20-6-11-26-62(52)73-63-38-45(29-30-53(63)66)72-58-24-9-4-18-48(58)49-19-5-10-25-59(49)72/h2-39H. The van der Waals surface area contributed by atoms with Crippen LogP contribution in [0.25, 0.3) is 110 Å². The molecule has 7 heteroatoms. The molecule has 1 aliphatic carbocycles. The second-order valence-corrected chi connectivity index (χ2v) is 19.2. The molecule has 2 aliphatic rings. The van der Waals surface area contributed by atoms with Gasteiger partial charge in [0.05, 0.1) is 56.5 Å². The van der Waals surface area contributed by atoms with Gasteiger partial charge in [-0.25, -0.2) is 4.85 Å². The van der Waals surface area contributed by atoms with Gasteiger partial charge in [0, 0.05) is 84.7 Å². The monoisotopic (exact) mass is 930 g/mol. The lowest BCUT2D eigenvalue weighted by Gasteiger charge is -2.39. The fraction of sp³-hybridized carbons (Fsp3) is 0.0152. The van der Waals surface area contributed by atoms with Gasteiger partial charge in [0.1, 0.15) is 11.5 Å². The molecular weight excluding hydrogens is 893 g/mol. The van der Waals surface area contributed by atoms with Gasteiger partial charge in [0.25, 0.3) is 0 Å². The highest BCUT2D eigenvalue weighted by molar-refractivity contribution is 6.13.